The van der Waals surface area contributed by atoms with Gasteiger partial charge in [-0.3, -0.25) is 9.69 Å². The second-order valence-electron chi connectivity index (χ2n) is 5.28. The molecule has 1 aliphatic rings. The van der Waals surface area contributed by atoms with E-state index in [1.165, 1.54) is 0 Å². The van der Waals surface area contributed by atoms with Crippen molar-refractivity contribution < 1.29 is 9.90 Å². The zero-order chi connectivity index (χ0) is 14.8. The maximum absolute atomic E-state index is 10.6. The summed E-state index contributed by atoms with van der Waals surface area (Å²) in [5.74, 6) is -0.432. The van der Waals surface area contributed by atoms with E-state index in [-0.39, 0.29) is 12.3 Å². The van der Waals surface area contributed by atoms with Gasteiger partial charge >= 0.3 is 5.97 Å². The summed E-state index contributed by atoms with van der Waals surface area (Å²) in [5, 5.41) is 12.4. The van der Waals surface area contributed by atoms with E-state index in [2.05, 4.69) is 9.88 Å². The van der Waals surface area contributed by atoms with Crippen molar-refractivity contribution in [2.45, 2.75) is 13.0 Å². The van der Waals surface area contributed by atoms with Gasteiger partial charge in [0.25, 0.3) is 0 Å². The SMILES string of the molecule is O=C(O)CC1CN(Cc2csc(-c3ccccc3Cl)n2)C1. The Hall–Kier alpha value is -1.43. The molecule has 2 aromatic rings. The summed E-state index contributed by atoms with van der Waals surface area (Å²) in [5.41, 5.74) is 1.98. The fourth-order valence-electron chi connectivity index (χ4n) is 2.55. The van der Waals surface area contributed by atoms with Gasteiger partial charge < -0.3 is 5.11 Å². The van der Waals surface area contributed by atoms with E-state index in [9.17, 15) is 4.79 Å². The predicted molar refractivity (Wildman–Crippen MR) is 83.6 cm³/mol. The van der Waals surface area contributed by atoms with Crippen LogP contribution in [0.5, 0.6) is 0 Å². The highest BCUT2D eigenvalue weighted by Crippen LogP contribution is 2.31. The third-order valence-electron chi connectivity index (χ3n) is 3.54. The van der Waals surface area contributed by atoms with E-state index >= 15 is 0 Å². The van der Waals surface area contributed by atoms with Crippen LogP contribution in [0, 0.1) is 5.92 Å². The Morgan fingerprint density at radius 3 is 2.90 bits per heavy atom. The molecule has 0 spiro atoms. The van der Waals surface area contributed by atoms with Crippen molar-refractivity contribution in [3.8, 4) is 10.6 Å². The molecule has 0 unspecified atom stereocenters. The molecule has 2 heterocycles. The van der Waals surface area contributed by atoms with Gasteiger partial charge in [0.1, 0.15) is 5.01 Å². The average molecular weight is 323 g/mol. The van der Waals surface area contributed by atoms with Crippen LogP contribution < -0.4 is 0 Å². The highest BCUT2D eigenvalue weighted by atomic mass is 35.5. The molecular weight excluding hydrogens is 308 g/mol. The molecule has 0 atom stereocenters. The van der Waals surface area contributed by atoms with Crippen LogP contribution in [0.15, 0.2) is 29.6 Å². The van der Waals surface area contributed by atoms with Crippen LogP contribution in [0.2, 0.25) is 5.02 Å². The minimum Gasteiger partial charge on any atom is -0.481 e. The van der Waals surface area contributed by atoms with Gasteiger partial charge in [-0.1, -0.05) is 29.8 Å². The quantitative estimate of drug-likeness (QED) is 0.917. The number of likely N-dealkylation sites (tertiary alicyclic amines) is 1. The molecule has 0 radical (unpaired) electrons. The number of hydrogen-bond donors (Lipinski definition) is 1. The first-order valence-corrected chi connectivity index (χ1v) is 8.01. The zero-order valence-corrected chi connectivity index (χ0v) is 12.9. The number of hydrogen-bond acceptors (Lipinski definition) is 4. The minimum atomic E-state index is -0.714. The number of rotatable bonds is 5. The van der Waals surface area contributed by atoms with E-state index in [0.29, 0.717) is 5.02 Å². The van der Waals surface area contributed by atoms with Gasteiger partial charge in [-0.2, -0.15) is 0 Å². The van der Waals surface area contributed by atoms with Crippen molar-refractivity contribution in [2.24, 2.45) is 5.92 Å². The molecule has 3 rings (SSSR count). The third-order valence-corrected chi connectivity index (χ3v) is 4.79. The second-order valence-corrected chi connectivity index (χ2v) is 6.55. The highest BCUT2D eigenvalue weighted by Gasteiger charge is 2.28. The summed E-state index contributed by atoms with van der Waals surface area (Å²) in [7, 11) is 0. The molecule has 4 nitrogen and oxygen atoms in total. The number of thiazole rings is 1. The highest BCUT2D eigenvalue weighted by molar-refractivity contribution is 7.13. The van der Waals surface area contributed by atoms with E-state index in [0.717, 1.165) is 35.9 Å². The van der Waals surface area contributed by atoms with Crippen molar-refractivity contribution in [1.29, 1.82) is 0 Å². The van der Waals surface area contributed by atoms with Crippen LogP contribution in [0.3, 0.4) is 0 Å². The van der Waals surface area contributed by atoms with Crippen LogP contribution in [-0.2, 0) is 11.3 Å². The molecule has 21 heavy (non-hydrogen) atoms. The van der Waals surface area contributed by atoms with Crippen molar-refractivity contribution >= 4 is 28.9 Å². The molecule has 0 aliphatic carbocycles. The molecule has 110 valence electrons. The van der Waals surface area contributed by atoms with Crippen LogP contribution in [0.4, 0.5) is 0 Å². The average Bonchev–Trinajstić information content (AvgIpc) is 2.85. The number of carbonyl (C=O) groups is 1. The predicted octanol–water partition coefficient (Wildman–Crippen LogP) is 3.37. The van der Waals surface area contributed by atoms with Crippen molar-refractivity contribution in [2.75, 3.05) is 13.1 Å². The monoisotopic (exact) mass is 322 g/mol. The molecule has 6 heteroatoms. The van der Waals surface area contributed by atoms with Crippen LogP contribution in [-0.4, -0.2) is 34.0 Å². The third kappa shape index (κ3) is 3.43. The number of nitrogens with zero attached hydrogens (tertiary/aromatic N) is 2. The van der Waals surface area contributed by atoms with Crippen LogP contribution >= 0.6 is 22.9 Å². The molecule has 1 aromatic carbocycles. The van der Waals surface area contributed by atoms with E-state index < -0.39 is 5.97 Å². The first-order valence-electron chi connectivity index (χ1n) is 6.75. The topological polar surface area (TPSA) is 53.4 Å². The Labute approximate surface area is 132 Å². The van der Waals surface area contributed by atoms with Crippen molar-refractivity contribution in [3.63, 3.8) is 0 Å². The van der Waals surface area contributed by atoms with Gasteiger partial charge in [-0.15, -0.1) is 11.3 Å². The maximum Gasteiger partial charge on any atom is 0.303 e. The number of aliphatic carboxylic acids is 1. The Morgan fingerprint density at radius 2 is 2.19 bits per heavy atom. The van der Waals surface area contributed by atoms with Gasteiger partial charge in [0.05, 0.1) is 17.1 Å². The Bertz CT molecular complexity index is 653. The molecule has 0 amide bonds. The Kier molecular flexibility index (Phi) is 4.24. The van der Waals surface area contributed by atoms with Gasteiger partial charge in [-0.05, 0) is 12.0 Å². The summed E-state index contributed by atoms with van der Waals surface area (Å²) in [6.07, 6.45) is 0.262. The lowest BCUT2D eigenvalue weighted by molar-refractivity contribution is -0.139. The lowest BCUT2D eigenvalue weighted by Gasteiger charge is -2.38. The van der Waals surface area contributed by atoms with E-state index in [1.54, 1.807) is 11.3 Å². The van der Waals surface area contributed by atoms with Crippen molar-refractivity contribution in [3.05, 3.63) is 40.4 Å². The van der Waals surface area contributed by atoms with Crippen LogP contribution in [0.1, 0.15) is 12.1 Å². The standard InChI is InChI=1S/C15H15ClN2O2S/c16-13-4-2-1-3-12(13)15-17-11(9-21-15)8-18-6-10(7-18)5-14(19)20/h1-4,9-10H,5-8H2,(H,19,20). The first kappa shape index (κ1) is 14.5. The molecule has 1 aromatic heterocycles. The summed E-state index contributed by atoms with van der Waals surface area (Å²) < 4.78 is 0. The largest absolute Gasteiger partial charge is 0.481 e. The van der Waals surface area contributed by atoms with Crippen LogP contribution in [0.25, 0.3) is 10.6 Å². The molecular formula is C15H15ClN2O2S. The second kappa shape index (κ2) is 6.13. The maximum atomic E-state index is 10.6. The lowest BCUT2D eigenvalue weighted by Crippen LogP contribution is -2.46. The first-order chi connectivity index (χ1) is 10.1. The summed E-state index contributed by atoms with van der Waals surface area (Å²) in [6.45, 7) is 2.45. The smallest absolute Gasteiger partial charge is 0.303 e. The molecule has 1 aliphatic heterocycles. The summed E-state index contributed by atoms with van der Waals surface area (Å²) in [4.78, 5) is 17.5. The van der Waals surface area contributed by atoms with Crippen molar-refractivity contribution in [1.82, 2.24) is 9.88 Å². The number of halogens is 1. The normalized spacial score (nSPS) is 15.9. The fraction of sp³-hybridized carbons (Fsp3) is 0.333. The number of carboxylic acids is 1. The van der Waals surface area contributed by atoms with E-state index in [4.69, 9.17) is 16.7 Å². The molecule has 1 N–H and O–H groups in total. The molecule has 0 bridgehead atoms. The van der Waals surface area contributed by atoms with Gasteiger partial charge in [0, 0.05) is 30.6 Å². The number of aromatic nitrogens is 1. The summed E-state index contributed by atoms with van der Waals surface area (Å²) in [6, 6.07) is 7.69. The van der Waals surface area contributed by atoms with Gasteiger partial charge in [0.15, 0.2) is 0 Å². The molecule has 1 fully saturated rings. The fourth-order valence-corrected chi connectivity index (χ4v) is 3.68. The number of benzene rings is 1. The Morgan fingerprint density at radius 1 is 1.43 bits per heavy atom. The summed E-state index contributed by atoms with van der Waals surface area (Å²) >= 11 is 7.77. The zero-order valence-electron chi connectivity index (χ0n) is 11.3. The number of carboxylic acid groups (broad SMARTS) is 1. The molecule has 1 saturated heterocycles. The minimum absolute atomic E-state index is 0.262. The van der Waals surface area contributed by atoms with E-state index in [1.807, 2.05) is 29.6 Å². The molecule has 0 saturated carbocycles. The Balaban J connectivity index is 1.60. The van der Waals surface area contributed by atoms with Gasteiger partial charge in [-0.25, -0.2) is 4.98 Å². The van der Waals surface area contributed by atoms with Gasteiger partial charge in [0.2, 0.25) is 0 Å². The lowest BCUT2D eigenvalue weighted by atomic mass is 9.96.